The molecule has 0 saturated carbocycles. The van der Waals surface area contributed by atoms with Gasteiger partial charge in [0, 0.05) is 0 Å². The Kier molecular flexibility index (Phi) is 5.85. The number of quaternary nitrogens is 1. The number of ether oxygens (including phenoxy) is 1. The number of rotatable bonds is 7. The first-order valence-corrected chi connectivity index (χ1v) is 9.46. The van der Waals surface area contributed by atoms with E-state index in [1.807, 2.05) is 53.4 Å². The number of nitrogens with zero attached hydrogens (tertiary/aromatic N) is 2. The van der Waals surface area contributed by atoms with Crippen LogP contribution in [0.25, 0.3) is 10.2 Å². The Morgan fingerprint density at radius 1 is 1.15 bits per heavy atom. The van der Waals surface area contributed by atoms with Gasteiger partial charge in [0.15, 0.2) is 5.13 Å². The molecule has 1 N–H and O–H groups in total. The molecule has 0 aliphatic rings. The van der Waals surface area contributed by atoms with E-state index in [9.17, 15) is 4.79 Å². The lowest BCUT2D eigenvalue weighted by Crippen LogP contribution is -3.06. The highest BCUT2D eigenvalue weighted by Gasteiger charge is 2.21. The summed E-state index contributed by atoms with van der Waals surface area (Å²) < 4.78 is 6.28. The summed E-state index contributed by atoms with van der Waals surface area (Å²) in [6.45, 7) is 1.52. The first-order valence-electron chi connectivity index (χ1n) is 8.64. The number of hydrogen-bond acceptors (Lipinski definition) is 4. The van der Waals surface area contributed by atoms with Gasteiger partial charge >= 0.3 is 0 Å². The van der Waals surface area contributed by atoms with E-state index in [2.05, 4.69) is 19.1 Å². The van der Waals surface area contributed by atoms with E-state index in [1.165, 1.54) is 4.90 Å². The fraction of sp³-hybridized carbons (Fsp3) is 0.300. The van der Waals surface area contributed by atoms with E-state index < -0.39 is 0 Å². The number of methoxy groups -OCH3 is 1. The molecule has 136 valence electrons. The van der Waals surface area contributed by atoms with Gasteiger partial charge in [0.1, 0.15) is 5.75 Å². The molecule has 1 heterocycles. The van der Waals surface area contributed by atoms with Gasteiger partial charge in [-0.1, -0.05) is 35.6 Å². The SMILES string of the molecule is COc1ccc(CC(=O)N(CC[NH+](C)C)c2nc3ccccc3s2)cc1. The van der Waals surface area contributed by atoms with Crippen molar-refractivity contribution in [2.75, 3.05) is 39.2 Å². The quantitative estimate of drug-likeness (QED) is 0.692. The number of aromatic nitrogens is 1. The highest BCUT2D eigenvalue weighted by molar-refractivity contribution is 7.22. The minimum atomic E-state index is 0.0653. The van der Waals surface area contributed by atoms with Crippen molar-refractivity contribution in [2.24, 2.45) is 0 Å². The average Bonchev–Trinajstić information content (AvgIpc) is 3.06. The van der Waals surface area contributed by atoms with E-state index in [0.29, 0.717) is 13.0 Å². The zero-order valence-corrected chi connectivity index (χ0v) is 16.2. The third-order valence-corrected chi connectivity index (χ3v) is 5.22. The van der Waals surface area contributed by atoms with Crippen LogP contribution in [0.5, 0.6) is 5.75 Å². The molecule has 0 saturated heterocycles. The van der Waals surface area contributed by atoms with Crippen molar-refractivity contribution < 1.29 is 14.4 Å². The summed E-state index contributed by atoms with van der Waals surface area (Å²) in [5, 5.41) is 0.769. The zero-order valence-electron chi connectivity index (χ0n) is 15.4. The summed E-state index contributed by atoms with van der Waals surface area (Å²) in [7, 11) is 5.81. The van der Waals surface area contributed by atoms with Gasteiger partial charge in [0.25, 0.3) is 0 Å². The van der Waals surface area contributed by atoms with E-state index in [1.54, 1.807) is 18.4 Å². The molecule has 0 aliphatic carbocycles. The third kappa shape index (κ3) is 4.39. The number of benzene rings is 2. The van der Waals surface area contributed by atoms with Crippen LogP contribution in [0.2, 0.25) is 0 Å². The number of hydrogen-bond donors (Lipinski definition) is 1. The van der Waals surface area contributed by atoms with Crippen molar-refractivity contribution >= 4 is 32.6 Å². The Morgan fingerprint density at radius 3 is 2.54 bits per heavy atom. The average molecular weight is 370 g/mol. The second-order valence-electron chi connectivity index (χ2n) is 6.49. The van der Waals surface area contributed by atoms with Gasteiger partial charge in [-0.25, -0.2) is 4.98 Å². The van der Waals surface area contributed by atoms with Crippen LogP contribution in [0.15, 0.2) is 48.5 Å². The first kappa shape index (κ1) is 18.4. The Hall–Kier alpha value is -2.44. The van der Waals surface area contributed by atoms with Gasteiger partial charge in [0.05, 0.1) is 50.9 Å². The molecule has 2 aromatic carbocycles. The van der Waals surface area contributed by atoms with Gasteiger partial charge in [-0.15, -0.1) is 0 Å². The summed E-state index contributed by atoms with van der Waals surface area (Å²) >= 11 is 1.57. The van der Waals surface area contributed by atoms with Gasteiger partial charge in [-0.2, -0.15) is 0 Å². The van der Waals surface area contributed by atoms with Crippen molar-refractivity contribution in [1.29, 1.82) is 0 Å². The molecule has 1 amide bonds. The van der Waals surface area contributed by atoms with Crippen molar-refractivity contribution in [2.45, 2.75) is 6.42 Å². The van der Waals surface area contributed by atoms with Gasteiger partial charge in [-0.3, -0.25) is 9.69 Å². The molecule has 3 aromatic rings. The van der Waals surface area contributed by atoms with Crippen LogP contribution in [-0.2, 0) is 11.2 Å². The summed E-state index contributed by atoms with van der Waals surface area (Å²) in [6.07, 6.45) is 0.350. The summed E-state index contributed by atoms with van der Waals surface area (Å²) in [4.78, 5) is 20.8. The van der Waals surface area contributed by atoms with Crippen LogP contribution < -0.4 is 14.5 Å². The molecule has 0 fully saturated rings. The molecule has 6 heteroatoms. The van der Waals surface area contributed by atoms with Gasteiger partial charge in [-0.05, 0) is 29.8 Å². The number of carbonyl (C=O) groups is 1. The largest absolute Gasteiger partial charge is 0.497 e. The number of likely N-dealkylation sites (N-methyl/N-ethyl adjacent to an activating group) is 1. The number of para-hydroxylation sites is 1. The number of anilines is 1. The van der Waals surface area contributed by atoms with Gasteiger partial charge < -0.3 is 9.64 Å². The molecule has 5 nitrogen and oxygen atoms in total. The zero-order chi connectivity index (χ0) is 18.5. The summed E-state index contributed by atoms with van der Waals surface area (Å²) in [5.41, 5.74) is 1.91. The molecular formula is C20H24N3O2S+. The molecule has 0 spiro atoms. The van der Waals surface area contributed by atoms with Gasteiger partial charge in [0.2, 0.25) is 5.91 Å². The fourth-order valence-corrected chi connectivity index (χ4v) is 3.66. The monoisotopic (exact) mass is 370 g/mol. The minimum Gasteiger partial charge on any atom is -0.497 e. The topological polar surface area (TPSA) is 46.9 Å². The Morgan fingerprint density at radius 2 is 1.88 bits per heavy atom. The molecule has 3 rings (SSSR count). The Labute approximate surface area is 157 Å². The molecule has 26 heavy (non-hydrogen) atoms. The van der Waals surface area contributed by atoms with Crippen molar-refractivity contribution in [1.82, 2.24) is 4.98 Å². The minimum absolute atomic E-state index is 0.0653. The van der Waals surface area contributed by atoms with E-state index >= 15 is 0 Å². The van der Waals surface area contributed by atoms with Crippen molar-refractivity contribution in [3.05, 3.63) is 54.1 Å². The van der Waals surface area contributed by atoms with E-state index in [0.717, 1.165) is 33.2 Å². The second-order valence-corrected chi connectivity index (χ2v) is 7.50. The molecule has 0 radical (unpaired) electrons. The second kappa shape index (κ2) is 8.29. The normalized spacial score (nSPS) is 11.1. The molecule has 0 atom stereocenters. The van der Waals surface area contributed by atoms with Crippen LogP contribution in [0, 0.1) is 0 Å². The van der Waals surface area contributed by atoms with E-state index in [-0.39, 0.29) is 5.91 Å². The summed E-state index contributed by atoms with van der Waals surface area (Å²) in [6, 6.07) is 15.6. The predicted octanol–water partition coefficient (Wildman–Crippen LogP) is 2.03. The number of thiazole rings is 1. The number of amides is 1. The Balaban J connectivity index is 1.82. The van der Waals surface area contributed by atoms with Crippen LogP contribution in [0.1, 0.15) is 5.56 Å². The van der Waals surface area contributed by atoms with Crippen LogP contribution in [-0.4, -0.2) is 45.2 Å². The molecule has 1 aromatic heterocycles. The maximum Gasteiger partial charge on any atom is 0.233 e. The maximum atomic E-state index is 13.0. The maximum absolute atomic E-state index is 13.0. The Bertz CT molecular complexity index is 841. The van der Waals surface area contributed by atoms with Crippen molar-refractivity contribution in [3.63, 3.8) is 0 Å². The number of fused-ring (bicyclic) bond motifs is 1. The van der Waals surface area contributed by atoms with Crippen molar-refractivity contribution in [3.8, 4) is 5.75 Å². The van der Waals surface area contributed by atoms with Crippen LogP contribution in [0.3, 0.4) is 0 Å². The number of nitrogens with one attached hydrogen (secondary N) is 1. The lowest BCUT2D eigenvalue weighted by Gasteiger charge is -2.20. The predicted molar refractivity (Wildman–Crippen MR) is 106 cm³/mol. The number of carbonyl (C=O) groups excluding carboxylic acids is 1. The standard InChI is InChI=1S/C20H23N3O2S/c1-22(2)12-13-23(20-21-17-6-4-5-7-18(17)26-20)19(24)14-15-8-10-16(25-3)11-9-15/h4-11H,12-14H2,1-3H3/p+1. The summed E-state index contributed by atoms with van der Waals surface area (Å²) in [5.74, 6) is 0.857. The van der Waals surface area contributed by atoms with Crippen LogP contribution >= 0.6 is 11.3 Å². The smallest absolute Gasteiger partial charge is 0.233 e. The fourth-order valence-electron chi connectivity index (χ4n) is 2.65. The lowest BCUT2D eigenvalue weighted by molar-refractivity contribution is -0.856. The highest BCUT2D eigenvalue weighted by Crippen LogP contribution is 2.29. The van der Waals surface area contributed by atoms with E-state index in [4.69, 9.17) is 4.74 Å². The van der Waals surface area contributed by atoms with Crippen LogP contribution in [0.4, 0.5) is 5.13 Å². The third-order valence-electron chi connectivity index (χ3n) is 4.16. The molecule has 0 bridgehead atoms. The molecule has 0 aliphatic heterocycles. The molecular weight excluding hydrogens is 346 g/mol. The highest BCUT2D eigenvalue weighted by atomic mass is 32.1. The molecule has 0 unspecified atom stereocenters. The first-order chi connectivity index (χ1) is 12.6. The lowest BCUT2D eigenvalue weighted by atomic mass is 10.1.